The summed E-state index contributed by atoms with van der Waals surface area (Å²) in [5, 5.41) is 4.75. The van der Waals surface area contributed by atoms with Crippen LogP contribution in [0.5, 0.6) is 0 Å². The zero-order chi connectivity index (χ0) is 18.5. The Bertz CT molecular complexity index is 910. The summed E-state index contributed by atoms with van der Waals surface area (Å²) in [6.07, 6.45) is 2.38. The first kappa shape index (κ1) is 19.2. The van der Waals surface area contributed by atoms with Crippen molar-refractivity contribution in [2.24, 2.45) is 0 Å². The van der Waals surface area contributed by atoms with Crippen molar-refractivity contribution in [1.29, 1.82) is 0 Å². The van der Waals surface area contributed by atoms with E-state index < -0.39 is 0 Å². The second kappa shape index (κ2) is 8.91. The Balaban J connectivity index is 1.55. The van der Waals surface area contributed by atoms with Gasteiger partial charge in [0, 0.05) is 32.4 Å². The molecule has 0 aliphatic heterocycles. The van der Waals surface area contributed by atoms with E-state index in [0.29, 0.717) is 27.4 Å². The lowest BCUT2D eigenvalue weighted by Crippen LogP contribution is -2.13. The average Bonchev–Trinajstić information content (AvgIpc) is 3.04. The van der Waals surface area contributed by atoms with Crippen LogP contribution >= 0.6 is 46.3 Å². The molecule has 2 aromatic carbocycles. The van der Waals surface area contributed by atoms with E-state index in [1.54, 1.807) is 18.3 Å². The smallest absolute Gasteiger partial charge is 0.236 e. The molecule has 1 heterocycles. The quantitative estimate of drug-likeness (QED) is 0.489. The van der Waals surface area contributed by atoms with E-state index in [1.165, 1.54) is 28.7 Å². The number of amides is 1. The first-order valence-corrected chi connectivity index (χ1v) is 10.4. The molecule has 3 rings (SSSR count). The fourth-order valence-corrected chi connectivity index (χ4v) is 4.18. The van der Waals surface area contributed by atoms with Crippen LogP contribution in [0.4, 0.5) is 5.13 Å². The van der Waals surface area contributed by atoms with Crippen LogP contribution in [0.15, 0.2) is 53.6 Å². The molecule has 0 saturated carbocycles. The van der Waals surface area contributed by atoms with E-state index in [-0.39, 0.29) is 5.91 Å². The highest BCUT2D eigenvalue weighted by atomic mass is 35.5. The van der Waals surface area contributed by atoms with Gasteiger partial charge in [-0.25, -0.2) is 4.98 Å². The topological polar surface area (TPSA) is 42.0 Å². The Hall–Kier alpha value is -1.53. The van der Waals surface area contributed by atoms with Crippen molar-refractivity contribution >= 4 is 57.3 Å². The van der Waals surface area contributed by atoms with Crippen molar-refractivity contribution in [3.63, 3.8) is 0 Å². The molecular weight excluding hydrogens is 407 g/mol. The maximum atomic E-state index is 12.1. The second-order valence-corrected chi connectivity index (χ2v) is 8.70. The molecule has 7 heteroatoms. The molecule has 0 fully saturated rings. The van der Waals surface area contributed by atoms with Crippen LogP contribution in [0.1, 0.15) is 16.0 Å². The summed E-state index contributed by atoms with van der Waals surface area (Å²) >= 11 is 15.2. The summed E-state index contributed by atoms with van der Waals surface area (Å²) in [6, 6.07) is 13.5. The summed E-state index contributed by atoms with van der Waals surface area (Å²) in [7, 11) is 0. The number of rotatable bonds is 6. The average molecular weight is 423 g/mol. The number of hydrogen-bond donors (Lipinski definition) is 1. The minimum atomic E-state index is -0.0720. The molecule has 3 nitrogen and oxygen atoms in total. The third-order valence-corrected chi connectivity index (χ3v) is 6.09. The van der Waals surface area contributed by atoms with Crippen molar-refractivity contribution in [2.75, 3.05) is 11.1 Å². The van der Waals surface area contributed by atoms with Gasteiger partial charge in [-0.05, 0) is 42.8 Å². The number of hydrogen-bond acceptors (Lipinski definition) is 4. The predicted molar refractivity (Wildman–Crippen MR) is 112 cm³/mol. The van der Waals surface area contributed by atoms with E-state index in [4.69, 9.17) is 23.2 Å². The van der Waals surface area contributed by atoms with Crippen LogP contribution < -0.4 is 5.32 Å². The van der Waals surface area contributed by atoms with Crippen LogP contribution in [-0.4, -0.2) is 16.6 Å². The molecule has 1 aromatic heterocycles. The van der Waals surface area contributed by atoms with E-state index in [2.05, 4.69) is 10.3 Å². The molecule has 134 valence electrons. The lowest BCUT2D eigenvalue weighted by atomic mass is 10.1. The third kappa shape index (κ3) is 5.48. The summed E-state index contributed by atoms with van der Waals surface area (Å²) in [4.78, 5) is 18.5. The van der Waals surface area contributed by atoms with Crippen LogP contribution in [-0.2, 0) is 11.2 Å². The Morgan fingerprint density at radius 3 is 2.73 bits per heavy atom. The summed E-state index contributed by atoms with van der Waals surface area (Å²) in [5.41, 5.74) is 2.14. The normalized spacial score (nSPS) is 10.7. The number of thioether (sulfide) groups is 1. The first-order valence-electron chi connectivity index (χ1n) is 7.87. The summed E-state index contributed by atoms with van der Waals surface area (Å²) < 4.78 is 0. The number of benzene rings is 2. The Labute approximate surface area is 170 Å². The van der Waals surface area contributed by atoms with Crippen molar-refractivity contribution in [2.45, 2.75) is 18.2 Å². The number of thiazole rings is 1. The maximum Gasteiger partial charge on any atom is 0.236 e. The number of halogens is 2. The lowest BCUT2D eigenvalue weighted by molar-refractivity contribution is -0.113. The fraction of sp³-hybridized carbons (Fsp3) is 0.158. The minimum absolute atomic E-state index is 0.0720. The molecule has 1 N–H and O–H groups in total. The Kier molecular flexibility index (Phi) is 6.59. The van der Waals surface area contributed by atoms with Gasteiger partial charge in [0.25, 0.3) is 0 Å². The predicted octanol–water partition coefficient (Wildman–Crippen LogP) is 6.08. The molecule has 26 heavy (non-hydrogen) atoms. The van der Waals surface area contributed by atoms with Crippen molar-refractivity contribution in [3.8, 4) is 0 Å². The molecule has 0 bridgehead atoms. The first-order chi connectivity index (χ1) is 12.5. The van der Waals surface area contributed by atoms with E-state index in [1.807, 2.05) is 37.3 Å². The monoisotopic (exact) mass is 422 g/mol. The molecule has 0 radical (unpaired) electrons. The molecular formula is C19H16Cl2N2OS2. The van der Waals surface area contributed by atoms with Gasteiger partial charge in [-0.15, -0.1) is 23.1 Å². The van der Waals surface area contributed by atoms with E-state index in [9.17, 15) is 4.79 Å². The van der Waals surface area contributed by atoms with Gasteiger partial charge in [0.2, 0.25) is 5.91 Å². The molecule has 0 atom stereocenters. The fourth-order valence-electron chi connectivity index (χ4n) is 2.25. The largest absolute Gasteiger partial charge is 0.301 e. The van der Waals surface area contributed by atoms with Crippen molar-refractivity contribution < 1.29 is 4.79 Å². The molecule has 0 unspecified atom stereocenters. The van der Waals surface area contributed by atoms with Gasteiger partial charge in [-0.1, -0.05) is 40.9 Å². The van der Waals surface area contributed by atoms with Crippen molar-refractivity contribution in [1.82, 2.24) is 4.98 Å². The number of carbonyl (C=O) groups excluding carboxylic acids is 1. The molecule has 0 saturated heterocycles. The van der Waals surface area contributed by atoms with Crippen LogP contribution in [0.25, 0.3) is 0 Å². The minimum Gasteiger partial charge on any atom is -0.301 e. The molecule has 0 aliphatic carbocycles. The Morgan fingerprint density at radius 1 is 1.19 bits per heavy atom. The third-order valence-electron chi connectivity index (χ3n) is 3.56. The highest BCUT2D eigenvalue weighted by molar-refractivity contribution is 8.00. The van der Waals surface area contributed by atoms with Gasteiger partial charge in [-0.2, -0.15) is 0 Å². The number of aryl methyl sites for hydroxylation is 1. The highest BCUT2D eigenvalue weighted by Crippen LogP contribution is 2.27. The molecule has 1 amide bonds. The van der Waals surface area contributed by atoms with Gasteiger partial charge in [-0.3, -0.25) is 4.79 Å². The lowest BCUT2D eigenvalue weighted by Gasteiger charge is -2.03. The standard InChI is InChI=1S/C19H16Cl2N2OS2/c1-12-2-5-15(6-3-12)25-11-18(24)23-19-22-10-16(26-19)9-13-8-14(20)4-7-17(13)21/h2-8,10H,9,11H2,1H3,(H,22,23,24). The summed E-state index contributed by atoms with van der Waals surface area (Å²) in [6.45, 7) is 2.04. The zero-order valence-corrected chi connectivity index (χ0v) is 17.1. The second-order valence-electron chi connectivity index (χ2n) is 5.69. The number of nitrogens with one attached hydrogen (secondary N) is 1. The van der Waals surface area contributed by atoms with Gasteiger partial charge in [0.1, 0.15) is 0 Å². The Morgan fingerprint density at radius 2 is 1.96 bits per heavy atom. The zero-order valence-electron chi connectivity index (χ0n) is 14.0. The number of aromatic nitrogens is 1. The highest BCUT2D eigenvalue weighted by Gasteiger charge is 2.10. The molecule has 3 aromatic rings. The van der Waals surface area contributed by atoms with E-state index >= 15 is 0 Å². The van der Waals surface area contributed by atoms with Gasteiger partial charge in [0.15, 0.2) is 5.13 Å². The van der Waals surface area contributed by atoms with Crippen molar-refractivity contribution in [3.05, 3.63) is 74.7 Å². The molecule has 0 spiro atoms. The number of anilines is 1. The van der Waals surface area contributed by atoms with Crippen LogP contribution in [0.2, 0.25) is 10.0 Å². The van der Waals surface area contributed by atoms with E-state index in [0.717, 1.165) is 15.3 Å². The number of carbonyl (C=O) groups is 1. The summed E-state index contributed by atoms with van der Waals surface area (Å²) in [5.74, 6) is 0.273. The number of nitrogens with zero attached hydrogens (tertiary/aromatic N) is 1. The maximum absolute atomic E-state index is 12.1. The van der Waals surface area contributed by atoms with Gasteiger partial charge in [0.05, 0.1) is 5.75 Å². The van der Waals surface area contributed by atoms with Gasteiger partial charge >= 0.3 is 0 Å². The van der Waals surface area contributed by atoms with Crippen LogP contribution in [0, 0.1) is 6.92 Å². The molecule has 0 aliphatic rings. The SMILES string of the molecule is Cc1ccc(SCC(=O)Nc2ncc(Cc3cc(Cl)ccc3Cl)s2)cc1. The van der Waals surface area contributed by atoms with Crippen LogP contribution in [0.3, 0.4) is 0 Å². The van der Waals surface area contributed by atoms with Gasteiger partial charge < -0.3 is 5.32 Å².